The fourth-order valence-electron chi connectivity index (χ4n) is 6.62. The van der Waals surface area contributed by atoms with E-state index < -0.39 is 0 Å². The largest absolute Gasteiger partial charge is 0.508 e. The van der Waals surface area contributed by atoms with Gasteiger partial charge in [-0.25, -0.2) is 0 Å². The Kier molecular flexibility index (Phi) is 25.9. The minimum Gasteiger partial charge on any atom is -0.508 e. The summed E-state index contributed by atoms with van der Waals surface area (Å²) in [4.78, 5) is 0. The zero-order chi connectivity index (χ0) is 41.2. The van der Waals surface area contributed by atoms with Crippen LogP contribution in [0.4, 0.5) is 0 Å². The van der Waals surface area contributed by atoms with Crippen LogP contribution in [-0.2, 0) is 6.42 Å². The first kappa shape index (κ1) is 49.5. The van der Waals surface area contributed by atoms with Gasteiger partial charge in [-0.3, -0.25) is 0 Å². The van der Waals surface area contributed by atoms with Gasteiger partial charge in [0, 0.05) is 5.56 Å². The van der Waals surface area contributed by atoms with Gasteiger partial charge in [0.1, 0.15) is 11.5 Å². The monoisotopic (exact) mass is 751 g/mol. The Bertz CT molecular complexity index is 1590. The van der Waals surface area contributed by atoms with Crippen molar-refractivity contribution in [2.75, 3.05) is 0 Å². The maximum Gasteiger partial charge on any atom is 0.122 e. The number of hydrogen-bond acceptors (Lipinski definition) is 2. The minimum atomic E-state index is 0.255. The zero-order valence-corrected chi connectivity index (χ0v) is 37.7. The van der Waals surface area contributed by atoms with Gasteiger partial charge in [0.2, 0.25) is 0 Å². The molecule has 0 aromatic heterocycles. The van der Waals surface area contributed by atoms with Gasteiger partial charge in [-0.15, -0.1) is 0 Å². The first-order valence-electron chi connectivity index (χ1n) is 21.5. The molecular weight excluding hydrogens is 669 g/mol. The van der Waals surface area contributed by atoms with Gasteiger partial charge in [0.15, 0.2) is 0 Å². The molecule has 1 rings (SSSR count). The molecule has 0 saturated carbocycles. The molecule has 2 N–H and O–H groups in total. The quantitative estimate of drug-likeness (QED) is 0.0731. The molecule has 1 aromatic rings. The van der Waals surface area contributed by atoms with E-state index in [0.717, 1.165) is 100 Å². The molecule has 0 atom stereocenters. The van der Waals surface area contributed by atoms with Crippen LogP contribution >= 0.6 is 0 Å². The van der Waals surface area contributed by atoms with Crippen LogP contribution in [-0.4, -0.2) is 10.2 Å². The third kappa shape index (κ3) is 24.6. The number of rotatable bonds is 26. The molecule has 0 amide bonds. The molecule has 0 bridgehead atoms. The van der Waals surface area contributed by atoms with Gasteiger partial charge < -0.3 is 10.2 Å². The summed E-state index contributed by atoms with van der Waals surface area (Å²) in [5.41, 5.74) is 15.5. The topological polar surface area (TPSA) is 40.5 Å². The number of aromatic hydroxyl groups is 2. The van der Waals surface area contributed by atoms with E-state index in [1.807, 2.05) is 13.8 Å². The van der Waals surface area contributed by atoms with Crippen molar-refractivity contribution in [3.8, 4) is 11.5 Å². The van der Waals surface area contributed by atoms with Crippen molar-refractivity contribution in [3.05, 3.63) is 128 Å². The van der Waals surface area contributed by atoms with Gasteiger partial charge in [-0.2, -0.15) is 0 Å². The van der Waals surface area contributed by atoms with Crippen molar-refractivity contribution in [2.24, 2.45) is 0 Å². The summed E-state index contributed by atoms with van der Waals surface area (Å²) in [7, 11) is 0. The van der Waals surface area contributed by atoms with Crippen molar-refractivity contribution in [1.82, 2.24) is 0 Å². The van der Waals surface area contributed by atoms with E-state index in [4.69, 9.17) is 0 Å². The fraction of sp³-hybridized carbons (Fsp3) is 0.547. The van der Waals surface area contributed by atoms with Crippen molar-refractivity contribution >= 4 is 0 Å². The summed E-state index contributed by atoms with van der Waals surface area (Å²) in [6.07, 6.45) is 40.3. The second-order valence-corrected chi connectivity index (χ2v) is 16.9. The molecule has 0 aliphatic carbocycles. The smallest absolute Gasteiger partial charge is 0.122 e. The van der Waals surface area contributed by atoms with E-state index in [-0.39, 0.29) is 5.75 Å². The molecule has 0 radical (unpaired) electrons. The van der Waals surface area contributed by atoms with E-state index >= 15 is 0 Å². The van der Waals surface area contributed by atoms with Crippen LogP contribution < -0.4 is 0 Å². The Morgan fingerprint density at radius 2 is 0.636 bits per heavy atom. The lowest BCUT2D eigenvalue weighted by Crippen LogP contribution is -1.91. The molecule has 0 fully saturated rings. The fourth-order valence-corrected chi connectivity index (χ4v) is 6.62. The predicted octanol–water partition coefficient (Wildman–Crippen LogP) is 17.0. The second-order valence-electron chi connectivity index (χ2n) is 16.9. The molecule has 0 unspecified atom stereocenters. The van der Waals surface area contributed by atoms with Crippen molar-refractivity contribution in [3.63, 3.8) is 0 Å². The summed E-state index contributed by atoms with van der Waals surface area (Å²) in [5.74, 6) is 0.554. The summed E-state index contributed by atoms with van der Waals surface area (Å²) in [5, 5.41) is 20.6. The average Bonchev–Trinajstić information content (AvgIpc) is 3.11. The Balaban J connectivity index is 2.28. The van der Waals surface area contributed by atoms with Crippen molar-refractivity contribution < 1.29 is 10.2 Å². The van der Waals surface area contributed by atoms with E-state index in [2.05, 4.69) is 124 Å². The van der Waals surface area contributed by atoms with E-state index in [9.17, 15) is 10.2 Å². The molecule has 2 heteroatoms. The highest BCUT2D eigenvalue weighted by Crippen LogP contribution is 2.32. The molecule has 55 heavy (non-hydrogen) atoms. The highest BCUT2D eigenvalue weighted by atomic mass is 16.3. The lowest BCUT2D eigenvalue weighted by molar-refractivity contribution is 0.448. The van der Waals surface area contributed by atoms with E-state index in [0.29, 0.717) is 12.2 Å². The number of phenols is 2. The molecule has 0 aliphatic rings. The van der Waals surface area contributed by atoms with Crippen LogP contribution in [0.25, 0.3) is 0 Å². The van der Waals surface area contributed by atoms with Crippen LogP contribution in [0.15, 0.2) is 111 Å². The lowest BCUT2D eigenvalue weighted by atomic mass is 9.99. The average molecular weight is 751 g/mol. The summed E-state index contributed by atoms with van der Waals surface area (Å²) in [6.45, 7) is 26.2. The molecule has 0 saturated heterocycles. The maximum absolute atomic E-state index is 10.4. The van der Waals surface area contributed by atoms with Crippen LogP contribution in [0.3, 0.4) is 0 Å². The third-order valence-electron chi connectivity index (χ3n) is 10.9. The van der Waals surface area contributed by atoms with Gasteiger partial charge in [-0.1, -0.05) is 105 Å². The number of benzene rings is 1. The Hall–Kier alpha value is -3.52. The van der Waals surface area contributed by atoms with Crippen molar-refractivity contribution in [2.45, 2.75) is 192 Å². The molecule has 2 nitrogen and oxygen atoms in total. The summed E-state index contributed by atoms with van der Waals surface area (Å²) < 4.78 is 0. The van der Waals surface area contributed by atoms with E-state index in [1.54, 1.807) is 6.07 Å². The maximum atomic E-state index is 10.4. The van der Waals surface area contributed by atoms with Gasteiger partial charge in [0.25, 0.3) is 0 Å². The number of phenolic OH excluding ortho intramolecular Hbond substituents is 2. The van der Waals surface area contributed by atoms with Gasteiger partial charge >= 0.3 is 0 Å². The molecule has 1 aromatic carbocycles. The van der Waals surface area contributed by atoms with E-state index in [1.165, 1.54) is 69.4 Å². The molecule has 0 spiro atoms. The van der Waals surface area contributed by atoms with Crippen LogP contribution in [0.2, 0.25) is 0 Å². The highest BCUT2D eigenvalue weighted by molar-refractivity contribution is 5.51. The molecule has 0 heterocycles. The van der Waals surface area contributed by atoms with Crippen LogP contribution in [0.1, 0.15) is 189 Å². The van der Waals surface area contributed by atoms with Crippen molar-refractivity contribution in [1.29, 1.82) is 0 Å². The van der Waals surface area contributed by atoms with Crippen LogP contribution in [0.5, 0.6) is 11.5 Å². The number of hydrogen-bond donors (Lipinski definition) is 2. The molecule has 306 valence electrons. The van der Waals surface area contributed by atoms with Crippen LogP contribution in [0, 0.1) is 13.8 Å². The SMILES string of the molecule is CC(C)=CCC/C(C)=C/CC/C(C)=C/CC/C(C)=C/CC/C(C)=C\CC/C(C)=C/CC/C(C)=C/CC/C(C)=C/CC/C(C)=C/Cc1cc(O)c(C)c(C)c1O. The third-order valence-corrected chi connectivity index (χ3v) is 10.9. The zero-order valence-electron chi connectivity index (χ0n) is 37.7. The second kappa shape index (κ2) is 28.8. The van der Waals surface area contributed by atoms with Gasteiger partial charge in [0.05, 0.1) is 0 Å². The Labute approximate surface area is 340 Å². The van der Waals surface area contributed by atoms with Gasteiger partial charge in [-0.05, 0) is 209 Å². The summed E-state index contributed by atoms with van der Waals surface area (Å²) >= 11 is 0. The first-order valence-corrected chi connectivity index (χ1v) is 21.5. The normalized spacial score (nSPS) is 14.3. The Morgan fingerprint density at radius 3 is 0.909 bits per heavy atom. The number of allylic oxidation sites excluding steroid dienone is 18. The Morgan fingerprint density at radius 1 is 0.382 bits per heavy atom. The minimum absolute atomic E-state index is 0.255. The summed E-state index contributed by atoms with van der Waals surface area (Å²) in [6, 6.07) is 1.69. The lowest BCUT2D eigenvalue weighted by Gasteiger charge is -2.10. The predicted molar refractivity (Wildman–Crippen MR) is 246 cm³/mol. The standard InChI is InChI=1S/C53H82O2/c1-40(2)21-13-22-41(3)23-14-24-42(4)25-15-26-43(5)27-16-28-44(6)29-17-30-45(7)31-18-32-46(8)33-19-34-47(9)35-20-36-48(10)37-38-51-39-52(54)49(11)50(12)53(51)55/h21,23,25,27,29,31,33,35,37,39,54-55H,13-20,22,24,26,28,30,32,34,36,38H2,1-12H3/b41-23+,42-25+,43-27+,44-29-,45-31+,46-33+,47-35+,48-37+. The first-order chi connectivity index (χ1) is 26.1. The highest BCUT2D eigenvalue weighted by Gasteiger charge is 2.10. The molecular formula is C53H82O2. The molecule has 0 aliphatic heterocycles.